The summed E-state index contributed by atoms with van der Waals surface area (Å²) in [6, 6.07) is 22.7. The predicted octanol–water partition coefficient (Wildman–Crippen LogP) is 4.88. The van der Waals surface area contributed by atoms with Gasteiger partial charge in [-0.2, -0.15) is 0 Å². The van der Waals surface area contributed by atoms with Crippen molar-refractivity contribution < 1.29 is 14.2 Å². The number of halogens is 1. The molecule has 0 aliphatic carbocycles. The standard InChI is InChI=1S/C25H28FNO2/c1-19-7-9-21(10-8-19)15-27(16-22-11-13-23(26)14-12-22)17-24(28)18-29-25-6-4-3-5-20(25)2/h3-14,24,28H,15-18H2,1-2H3. The first kappa shape index (κ1) is 21.0. The zero-order chi connectivity index (χ0) is 20.6. The molecule has 0 heterocycles. The van der Waals surface area contributed by atoms with Gasteiger partial charge >= 0.3 is 0 Å². The van der Waals surface area contributed by atoms with Crippen molar-refractivity contribution in [1.29, 1.82) is 0 Å². The van der Waals surface area contributed by atoms with E-state index in [2.05, 4.69) is 36.1 Å². The van der Waals surface area contributed by atoms with Crippen LogP contribution in [0.3, 0.4) is 0 Å². The number of aliphatic hydroxyl groups is 1. The second kappa shape index (κ2) is 10.2. The highest BCUT2D eigenvalue weighted by Crippen LogP contribution is 2.17. The summed E-state index contributed by atoms with van der Waals surface area (Å²) in [5.41, 5.74) is 4.43. The molecule has 0 aromatic heterocycles. The first-order valence-electron chi connectivity index (χ1n) is 9.88. The van der Waals surface area contributed by atoms with E-state index in [1.54, 1.807) is 12.1 Å². The number of hydrogen-bond acceptors (Lipinski definition) is 3. The van der Waals surface area contributed by atoms with Gasteiger partial charge in [0.1, 0.15) is 24.3 Å². The topological polar surface area (TPSA) is 32.7 Å². The molecule has 0 saturated carbocycles. The van der Waals surface area contributed by atoms with Crippen LogP contribution in [0.5, 0.6) is 5.75 Å². The number of para-hydroxylation sites is 1. The zero-order valence-corrected chi connectivity index (χ0v) is 17.0. The summed E-state index contributed by atoms with van der Waals surface area (Å²) in [6.45, 7) is 6.04. The highest BCUT2D eigenvalue weighted by Gasteiger charge is 2.14. The van der Waals surface area contributed by atoms with Gasteiger partial charge in [-0.25, -0.2) is 4.39 Å². The molecule has 0 aliphatic heterocycles. The van der Waals surface area contributed by atoms with Crippen LogP contribution in [-0.4, -0.2) is 29.3 Å². The molecule has 0 bridgehead atoms. The fourth-order valence-corrected chi connectivity index (χ4v) is 3.24. The maximum Gasteiger partial charge on any atom is 0.123 e. The van der Waals surface area contributed by atoms with Crippen LogP contribution in [0.25, 0.3) is 0 Å². The van der Waals surface area contributed by atoms with Crippen molar-refractivity contribution >= 4 is 0 Å². The van der Waals surface area contributed by atoms with Gasteiger partial charge in [0, 0.05) is 19.6 Å². The lowest BCUT2D eigenvalue weighted by Crippen LogP contribution is -2.35. The Morgan fingerprint density at radius 1 is 0.862 bits per heavy atom. The first-order valence-corrected chi connectivity index (χ1v) is 9.88. The van der Waals surface area contributed by atoms with Gasteiger partial charge in [0.25, 0.3) is 0 Å². The third-order valence-corrected chi connectivity index (χ3v) is 4.84. The molecule has 3 aromatic carbocycles. The van der Waals surface area contributed by atoms with E-state index < -0.39 is 6.10 Å². The second-order valence-electron chi connectivity index (χ2n) is 7.51. The molecule has 0 aliphatic rings. The van der Waals surface area contributed by atoms with E-state index in [9.17, 15) is 9.50 Å². The van der Waals surface area contributed by atoms with E-state index in [-0.39, 0.29) is 12.4 Å². The minimum Gasteiger partial charge on any atom is -0.491 e. The SMILES string of the molecule is Cc1ccc(CN(Cc2ccc(F)cc2)CC(O)COc2ccccc2C)cc1. The summed E-state index contributed by atoms with van der Waals surface area (Å²) in [5.74, 6) is 0.542. The maximum absolute atomic E-state index is 13.2. The molecule has 4 heteroatoms. The fourth-order valence-electron chi connectivity index (χ4n) is 3.24. The highest BCUT2D eigenvalue weighted by atomic mass is 19.1. The van der Waals surface area contributed by atoms with Crippen LogP contribution in [0.15, 0.2) is 72.8 Å². The fraction of sp³-hybridized carbons (Fsp3) is 0.280. The summed E-state index contributed by atoms with van der Waals surface area (Å²) in [6.07, 6.45) is -0.638. The molecule has 3 aromatic rings. The molecule has 0 saturated heterocycles. The van der Waals surface area contributed by atoms with Crippen molar-refractivity contribution in [2.75, 3.05) is 13.2 Å². The largest absolute Gasteiger partial charge is 0.491 e. The predicted molar refractivity (Wildman–Crippen MR) is 114 cm³/mol. The van der Waals surface area contributed by atoms with Crippen LogP contribution >= 0.6 is 0 Å². The van der Waals surface area contributed by atoms with Gasteiger partial charge in [-0.15, -0.1) is 0 Å². The van der Waals surface area contributed by atoms with Crippen LogP contribution < -0.4 is 4.74 Å². The number of benzene rings is 3. The molecule has 29 heavy (non-hydrogen) atoms. The highest BCUT2D eigenvalue weighted by molar-refractivity contribution is 5.31. The Morgan fingerprint density at radius 3 is 2.07 bits per heavy atom. The summed E-state index contributed by atoms with van der Waals surface area (Å²) in [7, 11) is 0. The zero-order valence-electron chi connectivity index (χ0n) is 17.0. The van der Waals surface area contributed by atoms with Crippen LogP contribution in [0.2, 0.25) is 0 Å². The lowest BCUT2D eigenvalue weighted by molar-refractivity contribution is 0.0626. The normalized spacial score (nSPS) is 12.2. The van der Waals surface area contributed by atoms with Crippen molar-refractivity contribution in [3.63, 3.8) is 0 Å². The van der Waals surface area contributed by atoms with Crippen molar-refractivity contribution in [3.05, 3.63) is 101 Å². The molecule has 0 amide bonds. The molecule has 152 valence electrons. The smallest absolute Gasteiger partial charge is 0.123 e. The minimum atomic E-state index is -0.638. The number of hydrogen-bond donors (Lipinski definition) is 1. The van der Waals surface area contributed by atoms with Crippen LogP contribution in [-0.2, 0) is 13.1 Å². The quantitative estimate of drug-likeness (QED) is 0.562. The Morgan fingerprint density at radius 2 is 1.45 bits per heavy atom. The first-order chi connectivity index (χ1) is 14.0. The van der Waals surface area contributed by atoms with Gasteiger partial charge < -0.3 is 9.84 Å². The Kier molecular flexibility index (Phi) is 7.39. The second-order valence-corrected chi connectivity index (χ2v) is 7.51. The van der Waals surface area contributed by atoms with Gasteiger partial charge in [0.15, 0.2) is 0 Å². The van der Waals surface area contributed by atoms with Crippen molar-refractivity contribution in [2.45, 2.75) is 33.0 Å². The summed E-state index contributed by atoms with van der Waals surface area (Å²) in [4.78, 5) is 2.16. The third-order valence-electron chi connectivity index (χ3n) is 4.84. The number of aryl methyl sites for hydroxylation is 2. The Labute approximate surface area is 172 Å². The van der Waals surface area contributed by atoms with E-state index >= 15 is 0 Å². The number of nitrogens with zero attached hydrogens (tertiary/aromatic N) is 1. The van der Waals surface area contributed by atoms with Crippen LogP contribution in [0, 0.1) is 19.7 Å². The molecule has 0 fully saturated rings. The minimum absolute atomic E-state index is 0.221. The number of ether oxygens (including phenoxy) is 1. The van der Waals surface area contributed by atoms with Gasteiger partial charge in [0.2, 0.25) is 0 Å². The van der Waals surface area contributed by atoms with E-state index in [1.165, 1.54) is 23.3 Å². The Hall–Kier alpha value is -2.69. The summed E-state index contributed by atoms with van der Waals surface area (Å²) in [5, 5.41) is 10.6. The van der Waals surface area contributed by atoms with Crippen LogP contribution in [0.4, 0.5) is 4.39 Å². The molecule has 1 atom stereocenters. The lowest BCUT2D eigenvalue weighted by atomic mass is 10.1. The number of rotatable bonds is 9. The number of aliphatic hydroxyl groups excluding tert-OH is 1. The van der Waals surface area contributed by atoms with Gasteiger partial charge in [-0.1, -0.05) is 60.2 Å². The van der Waals surface area contributed by atoms with Crippen molar-refractivity contribution in [3.8, 4) is 5.75 Å². The van der Waals surface area contributed by atoms with Crippen molar-refractivity contribution in [1.82, 2.24) is 4.90 Å². The van der Waals surface area contributed by atoms with Crippen molar-refractivity contribution in [2.24, 2.45) is 0 Å². The van der Waals surface area contributed by atoms with Gasteiger partial charge in [-0.3, -0.25) is 4.90 Å². The van der Waals surface area contributed by atoms with Gasteiger partial charge in [-0.05, 0) is 48.7 Å². The van der Waals surface area contributed by atoms with E-state index in [0.29, 0.717) is 19.6 Å². The molecule has 1 N–H and O–H groups in total. The van der Waals surface area contributed by atoms with Gasteiger partial charge in [0.05, 0.1) is 0 Å². The van der Waals surface area contributed by atoms with E-state index in [4.69, 9.17) is 4.74 Å². The summed E-state index contributed by atoms with van der Waals surface area (Å²) >= 11 is 0. The molecule has 0 spiro atoms. The summed E-state index contributed by atoms with van der Waals surface area (Å²) < 4.78 is 19.0. The third kappa shape index (κ3) is 6.70. The Balaban J connectivity index is 1.65. The average Bonchev–Trinajstić information content (AvgIpc) is 2.71. The molecule has 3 nitrogen and oxygen atoms in total. The van der Waals surface area contributed by atoms with E-state index in [0.717, 1.165) is 16.9 Å². The molecule has 3 rings (SSSR count). The molecule has 0 radical (unpaired) electrons. The molecular weight excluding hydrogens is 365 g/mol. The maximum atomic E-state index is 13.2. The molecule has 1 unspecified atom stereocenters. The monoisotopic (exact) mass is 393 g/mol. The average molecular weight is 394 g/mol. The molecular formula is C25H28FNO2. The van der Waals surface area contributed by atoms with Crippen LogP contribution in [0.1, 0.15) is 22.3 Å². The Bertz CT molecular complexity index is 846. The van der Waals surface area contributed by atoms with E-state index in [1.807, 2.05) is 31.2 Å². The lowest BCUT2D eigenvalue weighted by Gasteiger charge is -2.25.